The Hall–Kier alpha value is -1.51. The number of halogens is 1. The first-order chi connectivity index (χ1) is 13.1. The van der Waals surface area contributed by atoms with E-state index in [-0.39, 0.29) is 29.8 Å². The first-order valence-corrected chi connectivity index (χ1v) is 10.6. The lowest BCUT2D eigenvalue weighted by molar-refractivity contribution is -0.385. The average Bonchev–Trinajstić information content (AvgIpc) is 2.94. The smallest absolute Gasteiger partial charge is 0.311 e. The highest BCUT2D eigenvalue weighted by Gasteiger charge is 2.15. The van der Waals surface area contributed by atoms with Gasteiger partial charge in [0.1, 0.15) is 0 Å². The van der Waals surface area contributed by atoms with Gasteiger partial charge in [-0.25, -0.2) is 0 Å². The number of amides is 1. The van der Waals surface area contributed by atoms with Crippen molar-refractivity contribution >= 4 is 35.8 Å². The van der Waals surface area contributed by atoms with Crippen LogP contribution in [0.15, 0.2) is 18.2 Å². The first kappa shape index (κ1) is 24.5. The second-order valence-corrected chi connectivity index (χ2v) is 7.73. The maximum atomic E-state index is 11.9. The fraction of sp³-hybridized carbons (Fsp3) is 0.632. The Morgan fingerprint density at radius 3 is 2.61 bits per heavy atom. The molecule has 1 aliphatic rings. The minimum Gasteiger partial charge on any atom is -0.490 e. The van der Waals surface area contributed by atoms with Crippen molar-refractivity contribution in [2.75, 3.05) is 26.0 Å². The number of rotatable bonds is 10. The summed E-state index contributed by atoms with van der Waals surface area (Å²) < 4.78 is 4.99. The number of hydrogen-bond acceptors (Lipinski definition) is 6. The van der Waals surface area contributed by atoms with Crippen molar-refractivity contribution in [3.63, 3.8) is 0 Å². The van der Waals surface area contributed by atoms with Crippen LogP contribution in [0.3, 0.4) is 0 Å². The Morgan fingerprint density at radius 1 is 1.25 bits per heavy atom. The normalized spacial score (nSPS) is 14.6. The minimum absolute atomic E-state index is 0. The Kier molecular flexibility index (Phi) is 11.9. The molecule has 0 radical (unpaired) electrons. The number of methoxy groups -OCH3 is 1. The number of nitro groups is 1. The Balaban J connectivity index is 0.00000392. The topological polar surface area (TPSA) is 93.5 Å². The zero-order valence-corrected chi connectivity index (χ0v) is 17.9. The molecular weight excluding hydrogens is 402 g/mol. The van der Waals surface area contributed by atoms with Gasteiger partial charge in [0.2, 0.25) is 5.91 Å². The highest BCUT2D eigenvalue weighted by Crippen LogP contribution is 2.28. The monoisotopic (exact) mass is 431 g/mol. The molecule has 1 aromatic rings. The summed E-state index contributed by atoms with van der Waals surface area (Å²) in [4.78, 5) is 22.5. The van der Waals surface area contributed by atoms with Gasteiger partial charge in [0.15, 0.2) is 5.75 Å². The zero-order valence-electron chi connectivity index (χ0n) is 16.3. The number of carbonyl (C=O) groups excluding carboxylic acids is 1. The van der Waals surface area contributed by atoms with Gasteiger partial charge in [-0.1, -0.05) is 31.7 Å². The highest BCUT2D eigenvalue weighted by molar-refractivity contribution is 7.99. The molecule has 0 bridgehead atoms. The van der Waals surface area contributed by atoms with Crippen LogP contribution < -0.4 is 15.4 Å². The molecule has 1 amide bonds. The van der Waals surface area contributed by atoms with E-state index in [2.05, 4.69) is 10.6 Å². The number of nitrogens with one attached hydrogen (secondary N) is 2. The van der Waals surface area contributed by atoms with Gasteiger partial charge in [-0.2, -0.15) is 0 Å². The van der Waals surface area contributed by atoms with E-state index < -0.39 is 4.92 Å². The van der Waals surface area contributed by atoms with Gasteiger partial charge in [-0.15, -0.1) is 24.2 Å². The third-order valence-electron chi connectivity index (χ3n) is 4.68. The van der Waals surface area contributed by atoms with E-state index in [0.29, 0.717) is 24.1 Å². The number of nitrogens with zero attached hydrogens (tertiary/aromatic N) is 1. The minimum atomic E-state index is -0.457. The molecule has 0 aliphatic heterocycles. The largest absolute Gasteiger partial charge is 0.490 e. The molecule has 0 heterocycles. The molecule has 28 heavy (non-hydrogen) atoms. The van der Waals surface area contributed by atoms with E-state index in [1.165, 1.54) is 63.5 Å². The summed E-state index contributed by atoms with van der Waals surface area (Å²) in [6.07, 6.45) is 7.73. The summed E-state index contributed by atoms with van der Waals surface area (Å²) in [5.41, 5.74) is 0.750. The predicted molar refractivity (Wildman–Crippen MR) is 116 cm³/mol. The van der Waals surface area contributed by atoms with Crippen molar-refractivity contribution in [2.24, 2.45) is 0 Å². The summed E-state index contributed by atoms with van der Waals surface area (Å²) in [7, 11) is 1.41. The Morgan fingerprint density at radius 2 is 1.96 bits per heavy atom. The van der Waals surface area contributed by atoms with E-state index in [0.717, 1.165) is 12.1 Å². The summed E-state index contributed by atoms with van der Waals surface area (Å²) in [5, 5.41) is 17.5. The molecule has 0 atom stereocenters. The number of benzene rings is 1. The van der Waals surface area contributed by atoms with Gasteiger partial charge in [-0.05, 0) is 24.5 Å². The Labute approximate surface area is 176 Å². The molecule has 1 aromatic carbocycles. The van der Waals surface area contributed by atoms with Crippen LogP contribution in [-0.2, 0) is 10.5 Å². The van der Waals surface area contributed by atoms with Crippen molar-refractivity contribution < 1.29 is 14.5 Å². The van der Waals surface area contributed by atoms with Crippen LogP contribution in [0.1, 0.15) is 44.1 Å². The number of ether oxygens (including phenoxy) is 1. The van der Waals surface area contributed by atoms with Crippen LogP contribution in [-0.4, -0.2) is 42.8 Å². The molecule has 7 nitrogen and oxygen atoms in total. The Bertz CT molecular complexity index is 625. The lowest BCUT2D eigenvalue weighted by Crippen LogP contribution is -2.37. The summed E-state index contributed by atoms with van der Waals surface area (Å²) in [6.45, 7) is 1.43. The van der Waals surface area contributed by atoms with Crippen LogP contribution in [0.5, 0.6) is 5.75 Å². The maximum Gasteiger partial charge on any atom is 0.311 e. The number of thioether (sulfide) groups is 1. The molecule has 1 saturated carbocycles. The van der Waals surface area contributed by atoms with Crippen molar-refractivity contribution in [2.45, 2.75) is 50.3 Å². The fourth-order valence-corrected chi connectivity index (χ4v) is 4.05. The number of nitro benzene ring substituents is 1. The van der Waals surface area contributed by atoms with Gasteiger partial charge >= 0.3 is 5.69 Å². The summed E-state index contributed by atoms with van der Waals surface area (Å²) >= 11 is 1.44. The fourth-order valence-electron chi connectivity index (χ4n) is 3.24. The predicted octanol–water partition coefficient (Wildman–Crippen LogP) is 3.69. The van der Waals surface area contributed by atoms with Crippen LogP contribution in [0, 0.1) is 10.1 Å². The van der Waals surface area contributed by atoms with Gasteiger partial charge in [0, 0.05) is 31.0 Å². The molecule has 0 aromatic heterocycles. The van der Waals surface area contributed by atoms with Crippen molar-refractivity contribution in [1.29, 1.82) is 0 Å². The van der Waals surface area contributed by atoms with E-state index in [4.69, 9.17) is 4.74 Å². The lowest BCUT2D eigenvalue weighted by atomic mass is 10.1. The second kappa shape index (κ2) is 13.6. The lowest BCUT2D eigenvalue weighted by Gasteiger charge is -2.16. The van der Waals surface area contributed by atoms with Crippen molar-refractivity contribution in [3.8, 4) is 5.75 Å². The highest BCUT2D eigenvalue weighted by atomic mass is 35.5. The van der Waals surface area contributed by atoms with Crippen molar-refractivity contribution in [3.05, 3.63) is 33.9 Å². The number of carbonyl (C=O) groups is 1. The molecule has 2 N–H and O–H groups in total. The third kappa shape index (κ3) is 8.67. The first-order valence-electron chi connectivity index (χ1n) is 9.49. The summed E-state index contributed by atoms with van der Waals surface area (Å²) in [5.74, 6) is 1.11. The average molecular weight is 432 g/mol. The molecule has 0 unspecified atom stereocenters. The van der Waals surface area contributed by atoms with E-state index in [9.17, 15) is 14.9 Å². The van der Waals surface area contributed by atoms with E-state index in [1.807, 2.05) is 0 Å². The molecule has 9 heteroatoms. The SMILES string of the molecule is COc1ccc(CSCC(=O)NCCNC2CCCCCC2)cc1[N+](=O)[O-].Cl. The zero-order chi connectivity index (χ0) is 19.5. The van der Waals surface area contributed by atoms with Gasteiger partial charge < -0.3 is 15.4 Å². The third-order valence-corrected chi connectivity index (χ3v) is 5.68. The maximum absolute atomic E-state index is 11.9. The molecule has 2 rings (SSSR count). The van der Waals surface area contributed by atoms with Crippen LogP contribution >= 0.6 is 24.2 Å². The van der Waals surface area contributed by atoms with Gasteiger partial charge in [0.25, 0.3) is 0 Å². The standard InChI is InChI=1S/C19H29N3O4S.ClH/c1-26-18-9-8-15(12-17(18)22(24)25)13-27-14-19(23)21-11-10-20-16-6-4-2-3-5-7-16;/h8-9,12,16,20H,2-7,10-11,13-14H2,1H3,(H,21,23);1H. The van der Waals surface area contributed by atoms with Crippen LogP contribution in [0.25, 0.3) is 0 Å². The molecule has 1 fully saturated rings. The van der Waals surface area contributed by atoms with Gasteiger partial charge in [-0.3, -0.25) is 14.9 Å². The van der Waals surface area contributed by atoms with Crippen LogP contribution in [0.2, 0.25) is 0 Å². The van der Waals surface area contributed by atoms with Crippen LogP contribution in [0.4, 0.5) is 5.69 Å². The quantitative estimate of drug-likeness (QED) is 0.254. The van der Waals surface area contributed by atoms with E-state index in [1.54, 1.807) is 12.1 Å². The number of hydrogen-bond donors (Lipinski definition) is 2. The second-order valence-electron chi connectivity index (χ2n) is 6.75. The molecule has 158 valence electrons. The van der Waals surface area contributed by atoms with Crippen molar-refractivity contribution in [1.82, 2.24) is 10.6 Å². The van der Waals surface area contributed by atoms with Gasteiger partial charge in [0.05, 0.1) is 17.8 Å². The molecule has 1 aliphatic carbocycles. The van der Waals surface area contributed by atoms with E-state index >= 15 is 0 Å². The summed E-state index contributed by atoms with van der Waals surface area (Å²) in [6, 6.07) is 5.46. The molecule has 0 spiro atoms. The molecular formula is C19H30ClN3O4S. The molecule has 0 saturated heterocycles.